The van der Waals surface area contributed by atoms with Crippen molar-refractivity contribution in [2.24, 2.45) is 0 Å². The maximum atomic E-state index is 10.2. The van der Waals surface area contributed by atoms with Gasteiger partial charge in [-0.05, 0) is 0 Å². The van der Waals surface area contributed by atoms with Crippen LogP contribution in [0, 0.1) is 0 Å². The molecule has 17 heavy (non-hydrogen) atoms. The van der Waals surface area contributed by atoms with E-state index < -0.39 is 38.0 Å². The predicted molar refractivity (Wildman–Crippen MR) is 48.8 cm³/mol. The van der Waals surface area contributed by atoms with Crippen molar-refractivity contribution in [1.82, 2.24) is 0 Å². The Morgan fingerprint density at radius 1 is 0.882 bits per heavy atom. The van der Waals surface area contributed by atoms with Gasteiger partial charge in [0.05, 0.1) is 0 Å². The van der Waals surface area contributed by atoms with E-state index in [1.807, 2.05) is 0 Å². The molecule has 0 spiro atoms. The number of rotatable bonds is 4. The van der Waals surface area contributed by atoms with Gasteiger partial charge in [-0.2, -0.15) is 0 Å². The van der Waals surface area contributed by atoms with E-state index in [2.05, 4.69) is 8.37 Å². The minimum absolute atomic E-state index is 0.630. The third kappa shape index (κ3) is 5.35. The minimum atomic E-state index is -5.10. The van der Waals surface area contributed by atoms with Crippen LogP contribution in [0.2, 0.25) is 0 Å². The maximum Gasteiger partial charge on any atom is 0.262 e. The molecule has 0 atom stereocenters. The summed E-state index contributed by atoms with van der Waals surface area (Å²) in [6.45, 7) is 0. The van der Waals surface area contributed by atoms with Gasteiger partial charge in [-0.25, -0.2) is 16.8 Å². The van der Waals surface area contributed by atoms with E-state index in [-0.39, 0.29) is 0 Å². The molecule has 9 nitrogen and oxygen atoms in total. The largest absolute Gasteiger partial charge is 0.716 e. The number of phenolic OH excluding ortho intramolecular Hbond substituents is 1. The van der Waals surface area contributed by atoms with E-state index in [1.165, 1.54) is 0 Å². The molecule has 1 rings (SSSR count). The number of phenols is 1. The van der Waals surface area contributed by atoms with Gasteiger partial charge in [0.1, 0.15) is 17.2 Å². The lowest BCUT2D eigenvalue weighted by atomic mass is 10.3. The summed E-state index contributed by atoms with van der Waals surface area (Å²) in [7, 11) is -10.2. The van der Waals surface area contributed by atoms with Gasteiger partial charge in [0.2, 0.25) is 0 Å². The van der Waals surface area contributed by atoms with Crippen LogP contribution >= 0.6 is 0 Å². The van der Waals surface area contributed by atoms with Crippen molar-refractivity contribution in [3.63, 3.8) is 0 Å². The third-order valence-electron chi connectivity index (χ3n) is 1.26. The second-order valence-corrected chi connectivity index (χ2v) is 4.61. The van der Waals surface area contributed by atoms with Gasteiger partial charge in [0.25, 0.3) is 20.8 Å². The van der Waals surface area contributed by atoms with Crippen molar-refractivity contribution in [3.8, 4) is 17.2 Å². The number of hydrogen-bond acceptors (Lipinski definition) is 9. The highest BCUT2D eigenvalue weighted by Crippen LogP contribution is 2.28. The molecule has 0 aliphatic rings. The molecule has 0 saturated heterocycles. The Morgan fingerprint density at radius 2 is 1.24 bits per heavy atom. The summed E-state index contributed by atoms with van der Waals surface area (Å²) in [6.07, 6.45) is 0. The molecule has 11 heteroatoms. The maximum absolute atomic E-state index is 10.2. The van der Waals surface area contributed by atoms with Crippen LogP contribution in [0.3, 0.4) is 0 Å². The van der Waals surface area contributed by atoms with Crippen molar-refractivity contribution >= 4 is 20.8 Å². The van der Waals surface area contributed by atoms with Crippen molar-refractivity contribution in [1.29, 1.82) is 0 Å². The third-order valence-corrected chi connectivity index (χ3v) is 2.05. The van der Waals surface area contributed by atoms with Gasteiger partial charge >= 0.3 is 0 Å². The topological polar surface area (TPSA) is 153 Å². The second kappa shape index (κ2) is 4.37. The highest BCUT2D eigenvalue weighted by Gasteiger charge is 2.07. The fraction of sp³-hybridized carbons (Fsp3) is 0. The van der Waals surface area contributed by atoms with Crippen LogP contribution in [-0.2, 0) is 20.8 Å². The fourth-order valence-electron chi connectivity index (χ4n) is 0.889. The molecule has 0 fully saturated rings. The molecular weight excluding hydrogens is 280 g/mol. The Balaban J connectivity index is 3.11. The highest BCUT2D eigenvalue weighted by atomic mass is 32.3. The molecule has 0 bridgehead atoms. The van der Waals surface area contributed by atoms with E-state index in [1.54, 1.807) is 0 Å². The van der Waals surface area contributed by atoms with Crippen LogP contribution in [0.4, 0.5) is 0 Å². The monoisotopic (exact) mass is 284 g/mol. The average Bonchev–Trinajstić information content (AvgIpc) is 1.93. The average molecular weight is 284 g/mol. The summed E-state index contributed by atoms with van der Waals surface area (Å²) in [5.74, 6) is -2.05. The van der Waals surface area contributed by atoms with Gasteiger partial charge in [0.15, 0.2) is 0 Å². The van der Waals surface area contributed by atoms with Gasteiger partial charge < -0.3 is 22.6 Å². The Bertz CT molecular complexity index is 563. The van der Waals surface area contributed by atoms with Gasteiger partial charge in [-0.15, -0.1) is 0 Å². The Morgan fingerprint density at radius 3 is 1.53 bits per heavy atom. The molecule has 1 aromatic rings. The van der Waals surface area contributed by atoms with Crippen LogP contribution in [0.1, 0.15) is 0 Å². The lowest BCUT2D eigenvalue weighted by molar-refractivity contribution is 0.366. The van der Waals surface area contributed by atoms with Crippen molar-refractivity contribution < 1.29 is 39.4 Å². The predicted octanol–water partition coefficient (Wildman–Crippen LogP) is -0.930. The summed E-state index contributed by atoms with van der Waals surface area (Å²) >= 11 is 0. The van der Waals surface area contributed by atoms with E-state index >= 15 is 0 Å². The number of benzene rings is 1. The van der Waals surface area contributed by atoms with Crippen LogP contribution in [0.15, 0.2) is 18.2 Å². The summed E-state index contributed by atoms with van der Waals surface area (Å²) in [6, 6.07) is 2.05. The zero-order chi connectivity index (χ0) is 13.3. The molecule has 0 amide bonds. The lowest BCUT2D eigenvalue weighted by Gasteiger charge is -2.12. The molecule has 1 N–H and O–H groups in total. The molecule has 0 aliphatic carbocycles. The van der Waals surface area contributed by atoms with Crippen LogP contribution in [0.25, 0.3) is 0 Å². The molecule has 0 unspecified atom stereocenters. The number of hydrogen-bond donors (Lipinski definition) is 1. The van der Waals surface area contributed by atoms with Crippen LogP contribution in [0.5, 0.6) is 17.2 Å². The van der Waals surface area contributed by atoms with Crippen molar-refractivity contribution in [3.05, 3.63) is 18.2 Å². The van der Waals surface area contributed by atoms with E-state index in [0.29, 0.717) is 18.2 Å². The first-order valence-corrected chi connectivity index (χ1v) is 6.36. The summed E-state index contributed by atoms with van der Waals surface area (Å²) in [5, 5.41) is 9.03. The summed E-state index contributed by atoms with van der Waals surface area (Å²) < 4.78 is 69.0. The number of aromatic hydroxyl groups is 1. The Labute approximate surface area is 96.1 Å². The second-order valence-electron chi connectivity index (χ2n) is 2.65. The standard InChI is InChI=1S/C6H6O9S2/c7-4-1-5(14-16(8,9)10)3-6(2-4)15-17(11,12)13/h1-3,7H,(H,8,9,10)(H,11,12,13)/p-2. The van der Waals surface area contributed by atoms with Crippen molar-refractivity contribution in [2.45, 2.75) is 0 Å². The summed E-state index contributed by atoms with van der Waals surface area (Å²) in [5.41, 5.74) is 0. The fourth-order valence-corrected chi connectivity index (χ4v) is 1.55. The molecule has 0 radical (unpaired) electrons. The molecule has 1 aromatic carbocycles. The zero-order valence-electron chi connectivity index (χ0n) is 7.76. The Hall–Kier alpha value is -1.56. The normalized spacial score (nSPS) is 12.1. The molecule has 0 aromatic heterocycles. The first-order valence-electron chi connectivity index (χ1n) is 3.70. The molecule has 0 saturated carbocycles. The first kappa shape index (κ1) is 13.5. The molecule has 96 valence electrons. The minimum Gasteiger partial charge on any atom is -0.716 e. The SMILES string of the molecule is O=S(=O)([O-])Oc1cc(O)cc(OS(=O)(=O)[O-])c1. The zero-order valence-corrected chi connectivity index (χ0v) is 9.39. The van der Waals surface area contributed by atoms with E-state index in [0.717, 1.165) is 0 Å². The van der Waals surface area contributed by atoms with E-state index in [9.17, 15) is 25.9 Å². The van der Waals surface area contributed by atoms with Gasteiger partial charge in [0, 0.05) is 18.2 Å². The van der Waals surface area contributed by atoms with Crippen molar-refractivity contribution in [2.75, 3.05) is 0 Å². The quantitative estimate of drug-likeness (QED) is 0.545. The van der Waals surface area contributed by atoms with Gasteiger partial charge in [-0.3, -0.25) is 0 Å². The summed E-state index contributed by atoms with van der Waals surface area (Å²) in [4.78, 5) is 0. The highest BCUT2D eigenvalue weighted by molar-refractivity contribution is 7.81. The van der Waals surface area contributed by atoms with Crippen LogP contribution < -0.4 is 8.37 Å². The lowest BCUT2D eigenvalue weighted by Crippen LogP contribution is -2.09. The smallest absolute Gasteiger partial charge is 0.262 e. The first-order chi connectivity index (χ1) is 7.55. The van der Waals surface area contributed by atoms with Gasteiger partial charge in [-0.1, -0.05) is 0 Å². The van der Waals surface area contributed by atoms with Crippen LogP contribution in [-0.4, -0.2) is 31.0 Å². The molecular formula is C6H4O9S2-2. The Kier molecular flexibility index (Phi) is 3.47. The molecule has 0 aliphatic heterocycles. The molecule has 0 heterocycles. The van der Waals surface area contributed by atoms with E-state index in [4.69, 9.17) is 5.11 Å².